The molecule has 3 rings (SSSR count). The van der Waals surface area contributed by atoms with Crippen molar-refractivity contribution in [1.29, 1.82) is 0 Å². The van der Waals surface area contributed by atoms with E-state index in [9.17, 15) is 8.42 Å². The lowest BCUT2D eigenvalue weighted by Crippen LogP contribution is -2.52. The number of thiophene rings is 1. The SMILES string of the molecule is Cc1cc(C)c(S(=O)(=O)N2CCN(C3CCNC3)CC2)s1. The molecule has 3 heterocycles. The molecule has 118 valence electrons. The van der Waals surface area contributed by atoms with Crippen LogP contribution in [0.5, 0.6) is 0 Å². The van der Waals surface area contributed by atoms with E-state index in [4.69, 9.17) is 0 Å². The maximum absolute atomic E-state index is 12.8. The van der Waals surface area contributed by atoms with Crippen LogP contribution in [0.2, 0.25) is 0 Å². The summed E-state index contributed by atoms with van der Waals surface area (Å²) < 4.78 is 27.7. The molecule has 1 aromatic heterocycles. The zero-order chi connectivity index (χ0) is 15.0. The third-order valence-corrected chi connectivity index (χ3v) is 8.06. The van der Waals surface area contributed by atoms with E-state index in [0.717, 1.165) is 36.6 Å². The van der Waals surface area contributed by atoms with Crippen molar-refractivity contribution in [3.8, 4) is 0 Å². The van der Waals surface area contributed by atoms with Gasteiger partial charge in [0, 0.05) is 43.6 Å². The molecule has 0 aromatic carbocycles. The van der Waals surface area contributed by atoms with Crippen LogP contribution in [0.25, 0.3) is 0 Å². The van der Waals surface area contributed by atoms with Crippen LogP contribution in [-0.2, 0) is 10.0 Å². The van der Waals surface area contributed by atoms with Gasteiger partial charge in [0.25, 0.3) is 10.0 Å². The first kappa shape index (κ1) is 15.4. The second kappa shape index (κ2) is 5.96. The van der Waals surface area contributed by atoms with Crippen LogP contribution >= 0.6 is 11.3 Å². The maximum Gasteiger partial charge on any atom is 0.252 e. The molecule has 0 bridgehead atoms. The van der Waals surface area contributed by atoms with E-state index in [1.165, 1.54) is 17.8 Å². The fourth-order valence-electron chi connectivity index (χ4n) is 3.25. The minimum atomic E-state index is -3.31. The largest absolute Gasteiger partial charge is 0.315 e. The average molecular weight is 329 g/mol. The second-order valence-corrected chi connectivity index (χ2v) is 9.30. The standard InChI is InChI=1S/C14H23N3O2S2/c1-11-9-12(2)20-14(11)21(18,19)17-7-5-16(6-8-17)13-3-4-15-10-13/h9,13,15H,3-8,10H2,1-2H3. The predicted molar refractivity (Wildman–Crippen MR) is 85.4 cm³/mol. The zero-order valence-corrected chi connectivity index (χ0v) is 14.3. The highest BCUT2D eigenvalue weighted by Gasteiger charge is 2.33. The van der Waals surface area contributed by atoms with Gasteiger partial charge in [-0.15, -0.1) is 11.3 Å². The van der Waals surface area contributed by atoms with Gasteiger partial charge >= 0.3 is 0 Å². The van der Waals surface area contributed by atoms with Crippen molar-refractivity contribution >= 4 is 21.4 Å². The van der Waals surface area contributed by atoms with Gasteiger partial charge in [-0.2, -0.15) is 4.31 Å². The number of piperazine rings is 1. The molecule has 1 atom stereocenters. The van der Waals surface area contributed by atoms with E-state index < -0.39 is 10.0 Å². The van der Waals surface area contributed by atoms with Gasteiger partial charge in [-0.3, -0.25) is 4.90 Å². The van der Waals surface area contributed by atoms with E-state index in [1.807, 2.05) is 19.9 Å². The molecule has 2 saturated heterocycles. The van der Waals surface area contributed by atoms with Gasteiger partial charge in [0.15, 0.2) is 0 Å². The van der Waals surface area contributed by atoms with Crippen molar-refractivity contribution in [3.63, 3.8) is 0 Å². The summed E-state index contributed by atoms with van der Waals surface area (Å²) in [5.41, 5.74) is 0.875. The van der Waals surface area contributed by atoms with E-state index in [1.54, 1.807) is 4.31 Å². The van der Waals surface area contributed by atoms with Crippen LogP contribution in [0.15, 0.2) is 10.3 Å². The molecule has 0 aliphatic carbocycles. The zero-order valence-electron chi connectivity index (χ0n) is 12.6. The summed E-state index contributed by atoms with van der Waals surface area (Å²) in [5.74, 6) is 0. The van der Waals surface area contributed by atoms with Gasteiger partial charge in [-0.25, -0.2) is 8.42 Å². The Morgan fingerprint density at radius 3 is 2.48 bits per heavy atom. The number of nitrogens with zero attached hydrogens (tertiary/aromatic N) is 2. The Hall–Kier alpha value is -0.470. The highest BCUT2D eigenvalue weighted by atomic mass is 32.2. The van der Waals surface area contributed by atoms with Gasteiger partial charge in [0.05, 0.1) is 0 Å². The number of hydrogen-bond acceptors (Lipinski definition) is 5. The Morgan fingerprint density at radius 1 is 1.24 bits per heavy atom. The van der Waals surface area contributed by atoms with Crippen molar-refractivity contribution < 1.29 is 8.42 Å². The van der Waals surface area contributed by atoms with E-state index in [0.29, 0.717) is 23.3 Å². The van der Waals surface area contributed by atoms with Gasteiger partial charge < -0.3 is 5.32 Å². The van der Waals surface area contributed by atoms with Gasteiger partial charge in [-0.05, 0) is 38.4 Å². The maximum atomic E-state index is 12.8. The normalized spacial score (nSPS) is 25.5. The Labute approximate surface area is 131 Å². The summed E-state index contributed by atoms with van der Waals surface area (Å²) in [5, 5.41) is 3.38. The Balaban J connectivity index is 1.69. The van der Waals surface area contributed by atoms with Crippen LogP contribution in [-0.4, -0.2) is 62.9 Å². The summed E-state index contributed by atoms with van der Waals surface area (Å²) >= 11 is 1.39. The topological polar surface area (TPSA) is 52.7 Å². The molecule has 1 N–H and O–H groups in total. The van der Waals surface area contributed by atoms with Crippen LogP contribution in [0.1, 0.15) is 16.9 Å². The van der Waals surface area contributed by atoms with Crippen molar-refractivity contribution in [3.05, 3.63) is 16.5 Å². The molecule has 21 heavy (non-hydrogen) atoms. The molecule has 2 aliphatic heterocycles. The molecule has 2 fully saturated rings. The smallest absolute Gasteiger partial charge is 0.252 e. The van der Waals surface area contributed by atoms with Crippen LogP contribution in [0.3, 0.4) is 0 Å². The Bertz CT molecular complexity index is 598. The first-order valence-electron chi connectivity index (χ1n) is 7.50. The third-order valence-electron chi connectivity index (χ3n) is 4.39. The summed E-state index contributed by atoms with van der Waals surface area (Å²) in [6.07, 6.45) is 1.18. The first-order chi connectivity index (χ1) is 9.98. The van der Waals surface area contributed by atoms with E-state index in [-0.39, 0.29) is 0 Å². The van der Waals surface area contributed by atoms with Crippen molar-refractivity contribution in [1.82, 2.24) is 14.5 Å². The molecular weight excluding hydrogens is 306 g/mol. The van der Waals surface area contributed by atoms with Gasteiger partial charge in [0.1, 0.15) is 4.21 Å². The summed E-state index contributed by atoms with van der Waals surface area (Å²) in [6, 6.07) is 2.54. The fraction of sp³-hybridized carbons (Fsp3) is 0.714. The van der Waals surface area contributed by atoms with Gasteiger partial charge in [0.2, 0.25) is 0 Å². The molecule has 1 aromatic rings. The summed E-state index contributed by atoms with van der Waals surface area (Å²) in [7, 11) is -3.31. The molecule has 5 nitrogen and oxygen atoms in total. The van der Waals surface area contributed by atoms with Crippen molar-refractivity contribution in [2.45, 2.75) is 30.5 Å². The summed E-state index contributed by atoms with van der Waals surface area (Å²) in [6.45, 7) is 8.86. The first-order valence-corrected chi connectivity index (χ1v) is 9.76. The monoisotopic (exact) mass is 329 g/mol. The molecule has 0 saturated carbocycles. The highest BCUT2D eigenvalue weighted by molar-refractivity contribution is 7.91. The molecular formula is C14H23N3O2S2. The van der Waals surface area contributed by atoms with Gasteiger partial charge in [-0.1, -0.05) is 0 Å². The third kappa shape index (κ3) is 3.03. The number of sulfonamides is 1. The number of rotatable bonds is 3. The minimum Gasteiger partial charge on any atom is -0.315 e. The highest BCUT2D eigenvalue weighted by Crippen LogP contribution is 2.29. The second-order valence-electron chi connectivity index (χ2n) is 5.91. The summed E-state index contributed by atoms with van der Waals surface area (Å²) in [4.78, 5) is 3.49. The Morgan fingerprint density at radius 2 is 1.95 bits per heavy atom. The van der Waals surface area contributed by atoms with Crippen molar-refractivity contribution in [2.75, 3.05) is 39.3 Å². The molecule has 0 spiro atoms. The van der Waals surface area contributed by atoms with Crippen molar-refractivity contribution in [2.24, 2.45) is 0 Å². The van der Waals surface area contributed by atoms with E-state index in [2.05, 4.69) is 10.2 Å². The molecule has 0 amide bonds. The lowest BCUT2D eigenvalue weighted by Gasteiger charge is -2.37. The number of hydrogen-bond donors (Lipinski definition) is 1. The molecule has 2 aliphatic rings. The average Bonchev–Trinajstić information content (AvgIpc) is 3.09. The fourth-order valence-corrected chi connectivity index (χ4v) is 6.48. The number of nitrogens with one attached hydrogen (secondary N) is 1. The van der Waals surface area contributed by atoms with Crippen LogP contribution in [0.4, 0.5) is 0 Å². The quantitative estimate of drug-likeness (QED) is 0.900. The number of aryl methyl sites for hydroxylation is 2. The van der Waals surface area contributed by atoms with E-state index >= 15 is 0 Å². The lowest BCUT2D eigenvalue weighted by molar-refractivity contribution is 0.145. The molecule has 7 heteroatoms. The molecule has 1 unspecified atom stereocenters. The Kier molecular flexibility index (Phi) is 4.38. The van der Waals surface area contributed by atoms with Crippen LogP contribution in [0, 0.1) is 13.8 Å². The molecule has 0 radical (unpaired) electrons. The predicted octanol–water partition coefficient (Wildman–Crippen LogP) is 1.03. The van der Waals surface area contributed by atoms with Crippen LogP contribution < -0.4 is 5.32 Å². The lowest BCUT2D eigenvalue weighted by atomic mass is 10.2. The minimum absolute atomic E-state index is 0.524.